The van der Waals surface area contributed by atoms with E-state index in [0.717, 1.165) is 84.7 Å². The lowest BCUT2D eigenvalue weighted by Gasteiger charge is -2.37. The molecule has 2 unspecified atom stereocenters. The van der Waals surface area contributed by atoms with Crippen molar-refractivity contribution in [1.82, 2.24) is 0 Å². The molecule has 0 saturated heterocycles. The first-order valence-electron chi connectivity index (χ1n) is 24.2. The van der Waals surface area contributed by atoms with Crippen LogP contribution in [0.15, 0.2) is 193 Å². The van der Waals surface area contributed by atoms with Crippen LogP contribution in [0.2, 0.25) is 0 Å². The van der Waals surface area contributed by atoms with Gasteiger partial charge < -0.3 is 28.4 Å². The number of esters is 2. The van der Waals surface area contributed by atoms with E-state index in [1.807, 2.05) is 135 Å². The molecule has 0 N–H and O–H groups in total. The van der Waals surface area contributed by atoms with Crippen LogP contribution in [0.4, 0.5) is 0 Å². The molecular weight excluding hydrogens is 849 g/mol. The van der Waals surface area contributed by atoms with Crippen molar-refractivity contribution in [2.24, 2.45) is 11.8 Å². The van der Waals surface area contributed by atoms with E-state index < -0.39 is 11.2 Å². The van der Waals surface area contributed by atoms with Gasteiger partial charge in [-0.15, -0.1) is 0 Å². The van der Waals surface area contributed by atoms with Crippen LogP contribution < -0.4 is 9.47 Å². The fourth-order valence-corrected chi connectivity index (χ4v) is 10.7. The van der Waals surface area contributed by atoms with Crippen molar-refractivity contribution in [1.29, 1.82) is 0 Å². The van der Waals surface area contributed by atoms with Gasteiger partial charge in [0.25, 0.3) is 0 Å². The van der Waals surface area contributed by atoms with E-state index in [9.17, 15) is 9.59 Å². The Balaban J connectivity index is 0.985. The van der Waals surface area contributed by atoms with Crippen LogP contribution in [0.5, 0.6) is 11.5 Å². The van der Waals surface area contributed by atoms with Gasteiger partial charge in [-0.25, -0.2) is 9.59 Å². The lowest BCUT2D eigenvalue weighted by atomic mass is 9.71. The number of allylic oxidation sites excluding steroid dienone is 2. The van der Waals surface area contributed by atoms with E-state index in [0.29, 0.717) is 34.2 Å². The van der Waals surface area contributed by atoms with Crippen LogP contribution in [-0.4, -0.2) is 38.4 Å². The van der Waals surface area contributed by atoms with Gasteiger partial charge in [-0.3, -0.25) is 0 Å². The normalized spacial score (nSPS) is 20.4. The summed E-state index contributed by atoms with van der Waals surface area (Å²) in [7, 11) is 0. The third-order valence-corrected chi connectivity index (χ3v) is 13.8. The van der Waals surface area contributed by atoms with Crippen LogP contribution >= 0.6 is 0 Å². The molecule has 6 aromatic carbocycles. The van der Waals surface area contributed by atoms with Crippen LogP contribution in [0.1, 0.15) is 87.5 Å². The van der Waals surface area contributed by atoms with Crippen molar-refractivity contribution in [2.45, 2.75) is 76.4 Å². The molecule has 0 fully saturated rings. The smallest absolute Gasteiger partial charge is 0.338 e. The molecule has 6 aromatic rings. The minimum atomic E-state index is -0.900. The molecule has 11 rings (SSSR count). The molecule has 348 valence electrons. The number of hydrogen-bond acceptors (Lipinski definition) is 8. The molecule has 5 heterocycles. The van der Waals surface area contributed by atoms with Gasteiger partial charge in [0, 0.05) is 34.1 Å². The molecule has 8 nitrogen and oxygen atoms in total. The highest BCUT2D eigenvalue weighted by molar-refractivity contribution is 5.91. The molecule has 8 heteroatoms. The predicted molar refractivity (Wildman–Crippen MR) is 264 cm³/mol. The Morgan fingerprint density at radius 1 is 0.368 bits per heavy atom. The maximum absolute atomic E-state index is 14.3. The summed E-state index contributed by atoms with van der Waals surface area (Å²) >= 11 is 0. The van der Waals surface area contributed by atoms with Crippen molar-refractivity contribution in [3.05, 3.63) is 215 Å². The van der Waals surface area contributed by atoms with Gasteiger partial charge >= 0.3 is 11.9 Å². The quantitative estimate of drug-likeness (QED) is 0.162. The molecule has 0 amide bonds. The second kappa shape index (κ2) is 21.3. The Morgan fingerprint density at radius 3 is 0.985 bits per heavy atom. The Kier molecular flexibility index (Phi) is 14.4. The van der Waals surface area contributed by atoms with E-state index in [4.69, 9.17) is 28.4 Å². The highest BCUT2D eigenvalue weighted by Gasteiger charge is 2.54. The Bertz CT molecular complexity index is 2410. The van der Waals surface area contributed by atoms with Gasteiger partial charge in [0.1, 0.15) is 49.4 Å². The summed E-state index contributed by atoms with van der Waals surface area (Å²) in [6.45, 7) is 4.38. The van der Waals surface area contributed by atoms with Crippen LogP contribution in [0.25, 0.3) is 11.1 Å². The van der Waals surface area contributed by atoms with E-state index in [-0.39, 0.29) is 50.2 Å². The van der Waals surface area contributed by atoms with Crippen LogP contribution in [0, 0.1) is 11.8 Å². The molecule has 5 aliphatic rings. The topological polar surface area (TPSA) is 89.5 Å². The summed E-state index contributed by atoms with van der Waals surface area (Å²) in [5.41, 5.74) is 5.37. The number of ether oxygens (including phenoxy) is 6. The zero-order valence-electron chi connectivity index (χ0n) is 39.1. The Morgan fingerprint density at radius 2 is 0.662 bits per heavy atom. The molecular formula is C60H60O8. The van der Waals surface area contributed by atoms with Crippen LogP contribution in [0.3, 0.4) is 0 Å². The number of hydrogen-bond donors (Lipinski definition) is 0. The highest BCUT2D eigenvalue weighted by atomic mass is 16.6. The van der Waals surface area contributed by atoms with Gasteiger partial charge in [0.05, 0.1) is 11.1 Å². The van der Waals surface area contributed by atoms with Crippen LogP contribution in [-0.2, 0) is 39.7 Å². The van der Waals surface area contributed by atoms with Crippen molar-refractivity contribution in [2.75, 3.05) is 26.4 Å². The SMILES string of the molecule is CC1=C2C(=O)OCCOc3ccc(cc3)-c3ccc(cc3)OCCOC(=O)C3=C(C)OC(c4ccccc4)(c4ccccc4)C3CCCCCCCCC2C(c2ccccc2)(c2ccccc2)O1. The van der Waals surface area contributed by atoms with Gasteiger partial charge in [0.2, 0.25) is 0 Å². The second-order valence-electron chi connectivity index (χ2n) is 17.9. The summed E-state index contributed by atoms with van der Waals surface area (Å²) in [5, 5.41) is 0. The van der Waals surface area contributed by atoms with Crippen molar-refractivity contribution in [3.8, 4) is 22.6 Å². The van der Waals surface area contributed by atoms with Gasteiger partial charge in [-0.1, -0.05) is 184 Å². The maximum Gasteiger partial charge on any atom is 0.338 e. The first-order valence-corrected chi connectivity index (χ1v) is 24.2. The third-order valence-electron chi connectivity index (χ3n) is 13.8. The highest BCUT2D eigenvalue weighted by Crippen LogP contribution is 2.55. The Hall–Kier alpha value is -7.06. The summed E-state index contributed by atoms with van der Waals surface area (Å²) in [4.78, 5) is 28.5. The fourth-order valence-electron chi connectivity index (χ4n) is 10.7. The van der Waals surface area contributed by atoms with Crippen molar-refractivity contribution < 1.29 is 38.0 Å². The van der Waals surface area contributed by atoms with Gasteiger partial charge in [0.15, 0.2) is 11.2 Å². The third kappa shape index (κ3) is 9.55. The zero-order valence-corrected chi connectivity index (χ0v) is 39.1. The van der Waals surface area contributed by atoms with E-state index >= 15 is 0 Å². The average molecular weight is 909 g/mol. The first-order chi connectivity index (χ1) is 33.4. The molecule has 0 aromatic heterocycles. The minimum Gasteiger partial charge on any atom is -0.490 e. The molecule has 0 spiro atoms. The Labute approximate surface area is 400 Å². The van der Waals surface area contributed by atoms with Gasteiger partial charge in [-0.05, 0) is 62.1 Å². The molecule has 68 heavy (non-hydrogen) atoms. The number of carbonyl (C=O) groups excluding carboxylic acids is 2. The summed E-state index contributed by atoms with van der Waals surface area (Å²) in [6, 6.07) is 56.7. The fraction of sp³-hybridized carbons (Fsp3) is 0.300. The molecule has 0 aliphatic carbocycles. The summed E-state index contributed by atoms with van der Waals surface area (Å²) in [5.74, 6) is 1.20. The van der Waals surface area contributed by atoms with Gasteiger partial charge in [-0.2, -0.15) is 0 Å². The maximum atomic E-state index is 14.3. The second-order valence-corrected chi connectivity index (χ2v) is 17.9. The monoisotopic (exact) mass is 908 g/mol. The number of benzene rings is 6. The minimum absolute atomic E-state index is 0.0933. The molecule has 2 atom stereocenters. The average Bonchev–Trinajstić information content (AvgIpc) is 3.86. The standard InChI is InChI=1S/C60H60O8/c1-43-55-53(59(67-43,47-21-11-7-12-22-47)48-23-13-8-14-24-48)29-19-5-3-4-6-20-30-54-56(44(2)68-60(54,49-25-15-9-16-26-49)50-27-17-10-18-28-50)58(62)66-42-40-64-52-37-33-46(34-38-52)45-31-35-51(36-32-45)63-39-41-65-57(55)61/h7-18,21-28,31-38,53-54H,3-6,19-20,29-30,39-42H2,1-2H3. The van der Waals surface area contributed by atoms with E-state index in [1.54, 1.807) is 0 Å². The van der Waals surface area contributed by atoms with Crippen molar-refractivity contribution in [3.63, 3.8) is 0 Å². The number of fused-ring (bicyclic) bond motifs is 2. The number of rotatable bonds is 4. The summed E-state index contributed by atoms with van der Waals surface area (Å²) in [6.07, 6.45) is 7.26. The first kappa shape index (κ1) is 46.1. The van der Waals surface area contributed by atoms with E-state index in [1.165, 1.54) is 0 Å². The molecule has 4 bridgehead atoms. The molecule has 0 saturated carbocycles. The zero-order chi connectivity index (χ0) is 46.8. The van der Waals surface area contributed by atoms with Crippen molar-refractivity contribution >= 4 is 11.9 Å². The summed E-state index contributed by atoms with van der Waals surface area (Å²) < 4.78 is 38.1. The largest absolute Gasteiger partial charge is 0.490 e. The number of carbonyl (C=O) groups is 2. The lowest BCUT2D eigenvalue weighted by Crippen LogP contribution is -2.37. The molecule has 5 aliphatic heterocycles. The predicted octanol–water partition coefficient (Wildman–Crippen LogP) is 13.1. The lowest BCUT2D eigenvalue weighted by molar-refractivity contribution is -0.141. The van der Waals surface area contributed by atoms with E-state index in [2.05, 4.69) is 48.5 Å². The molecule has 0 radical (unpaired) electrons.